The van der Waals surface area contributed by atoms with Gasteiger partial charge in [0.05, 0.1) is 11.9 Å². The minimum Gasteiger partial charge on any atom is -0.480 e. The van der Waals surface area contributed by atoms with Gasteiger partial charge in [-0.25, -0.2) is 13.5 Å². The second-order valence-corrected chi connectivity index (χ2v) is 3.88. The van der Waals surface area contributed by atoms with Crippen LogP contribution < -0.4 is 5.73 Å². The zero-order chi connectivity index (χ0) is 14.0. The highest BCUT2D eigenvalue weighted by Gasteiger charge is 2.16. The third kappa shape index (κ3) is 2.74. The molecule has 0 saturated carbocycles. The van der Waals surface area contributed by atoms with Crippen LogP contribution in [0.4, 0.5) is 8.78 Å². The molecule has 100 valence electrons. The molecule has 0 saturated heterocycles. The number of nitrogens with zero attached hydrogens (tertiary/aromatic N) is 3. The number of aliphatic carboxylic acids is 1. The van der Waals surface area contributed by atoms with Crippen LogP contribution in [0, 0.1) is 11.6 Å². The molecular formula is C11H10F2N4O2. The van der Waals surface area contributed by atoms with Crippen LogP contribution in [-0.4, -0.2) is 32.1 Å². The molecule has 0 aliphatic rings. The van der Waals surface area contributed by atoms with E-state index >= 15 is 0 Å². The number of benzene rings is 1. The van der Waals surface area contributed by atoms with Crippen molar-refractivity contribution in [2.24, 2.45) is 5.73 Å². The van der Waals surface area contributed by atoms with E-state index in [9.17, 15) is 13.6 Å². The second-order valence-electron chi connectivity index (χ2n) is 3.88. The van der Waals surface area contributed by atoms with E-state index in [-0.39, 0.29) is 17.8 Å². The second kappa shape index (κ2) is 5.11. The number of carboxylic acid groups (broad SMARTS) is 1. The molecule has 0 amide bonds. The molecule has 3 N–H and O–H groups in total. The number of nitrogens with two attached hydrogens (primary N) is 1. The Labute approximate surface area is 106 Å². The Morgan fingerprint density at radius 3 is 2.89 bits per heavy atom. The van der Waals surface area contributed by atoms with Crippen LogP contribution in [0.1, 0.15) is 5.69 Å². The van der Waals surface area contributed by atoms with Crippen molar-refractivity contribution < 1.29 is 18.7 Å². The topological polar surface area (TPSA) is 94.0 Å². The van der Waals surface area contributed by atoms with Gasteiger partial charge >= 0.3 is 5.97 Å². The van der Waals surface area contributed by atoms with Crippen molar-refractivity contribution in [2.75, 3.05) is 0 Å². The Morgan fingerprint density at radius 1 is 1.47 bits per heavy atom. The Balaban J connectivity index is 2.26. The van der Waals surface area contributed by atoms with Crippen molar-refractivity contribution in [3.63, 3.8) is 0 Å². The molecule has 6 nitrogen and oxygen atoms in total. The molecule has 1 atom stereocenters. The Kier molecular flexibility index (Phi) is 3.52. The number of carbonyl (C=O) groups is 1. The summed E-state index contributed by atoms with van der Waals surface area (Å²) in [6.45, 7) is 0. The van der Waals surface area contributed by atoms with E-state index in [1.54, 1.807) is 0 Å². The Bertz CT molecular complexity index is 614. The minimum atomic E-state index is -1.17. The predicted molar refractivity (Wildman–Crippen MR) is 60.6 cm³/mol. The fraction of sp³-hybridized carbons (Fsp3) is 0.182. The van der Waals surface area contributed by atoms with Crippen molar-refractivity contribution in [3.8, 4) is 5.69 Å². The lowest BCUT2D eigenvalue weighted by molar-refractivity contribution is -0.138. The van der Waals surface area contributed by atoms with E-state index in [1.165, 1.54) is 18.3 Å². The van der Waals surface area contributed by atoms with Gasteiger partial charge in [0, 0.05) is 6.42 Å². The van der Waals surface area contributed by atoms with Crippen LogP contribution in [0.3, 0.4) is 0 Å². The standard InChI is InChI=1S/C11H10F2N4O2/c12-7-2-1-3-9(10(7)13)17-5-6(15-16-17)4-8(14)11(18)19/h1-3,5,8H,4,14H2,(H,18,19). The van der Waals surface area contributed by atoms with Crippen LogP contribution >= 0.6 is 0 Å². The third-order valence-electron chi connectivity index (χ3n) is 2.47. The van der Waals surface area contributed by atoms with Crippen molar-refractivity contribution in [3.05, 3.63) is 41.7 Å². The smallest absolute Gasteiger partial charge is 0.320 e. The zero-order valence-corrected chi connectivity index (χ0v) is 9.62. The zero-order valence-electron chi connectivity index (χ0n) is 9.62. The maximum atomic E-state index is 13.5. The van der Waals surface area contributed by atoms with Gasteiger partial charge in [-0.3, -0.25) is 4.79 Å². The van der Waals surface area contributed by atoms with Gasteiger partial charge in [-0.1, -0.05) is 11.3 Å². The molecule has 0 bridgehead atoms. The first-order chi connectivity index (χ1) is 8.99. The highest BCUT2D eigenvalue weighted by molar-refractivity contribution is 5.73. The van der Waals surface area contributed by atoms with Gasteiger partial charge in [-0.05, 0) is 12.1 Å². The summed E-state index contributed by atoms with van der Waals surface area (Å²) >= 11 is 0. The quantitative estimate of drug-likeness (QED) is 0.842. The lowest BCUT2D eigenvalue weighted by Gasteiger charge is -2.03. The van der Waals surface area contributed by atoms with Crippen LogP contribution in [0.15, 0.2) is 24.4 Å². The van der Waals surface area contributed by atoms with E-state index in [2.05, 4.69) is 10.3 Å². The van der Waals surface area contributed by atoms with Crippen molar-refractivity contribution in [1.29, 1.82) is 0 Å². The molecule has 0 aliphatic carbocycles. The Morgan fingerprint density at radius 2 is 2.21 bits per heavy atom. The molecule has 0 spiro atoms. The largest absolute Gasteiger partial charge is 0.480 e. The predicted octanol–water partition coefficient (Wildman–Crippen LogP) is 0.500. The molecule has 0 aliphatic heterocycles. The number of halogens is 2. The van der Waals surface area contributed by atoms with Gasteiger partial charge < -0.3 is 10.8 Å². The first kappa shape index (κ1) is 13.1. The van der Waals surface area contributed by atoms with Gasteiger partial charge in [-0.15, -0.1) is 5.10 Å². The molecule has 1 unspecified atom stereocenters. The summed E-state index contributed by atoms with van der Waals surface area (Å²) in [7, 11) is 0. The van der Waals surface area contributed by atoms with Gasteiger partial charge in [0.1, 0.15) is 11.7 Å². The first-order valence-electron chi connectivity index (χ1n) is 5.33. The van der Waals surface area contributed by atoms with E-state index in [4.69, 9.17) is 10.8 Å². The number of hydrogen-bond acceptors (Lipinski definition) is 4. The lowest BCUT2D eigenvalue weighted by atomic mass is 10.2. The normalized spacial score (nSPS) is 12.4. The van der Waals surface area contributed by atoms with E-state index in [0.29, 0.717) is 0 Å². The molecule has 8 heteroatoms. The first-order valence-corrected chi connectivity index (χ1v) is 5.33. The summed E-state index contributed by atoms with van der Waals surface area (Å²) < 4.78 is 27.6. The fourth-order valence-electron chi connectivity index (χ4n) is 1.49. The van der Waals surface area contributed by atoms with Crippen molar-refractivity contribution in [1.82, 2.24) is 15.0 Å². The van der Waals surface area contributed by atoms with Gasteiger partial charge in [0.25, 0.3) is 0 Å². The summed E-state index contributed by atoms with van der Waals surface area (Å²) in [6.07, 6.45) is 1.26. The summed E-state index contributed by atoms with van der Waals surface area (Å²) in [5.74, 6) is -3.23. The van der Waals surface area contributed by atoms with E-state index < -0.39 is 23.6 Å². The minimum absolute atomic E-state index is 0.0493. The Hall–Kier alpha value is -2.35. The highest BCUT2D eigenvalue weighted by atomic mass is 19.2. The van der Waals surface area contributed by atoms with Crippen LogP contribution in [0.25, 0.3) is 5.69 Å². The maximum Gasteiger partial charge on any atom is 0.320 e. The van der Waals surface area contributed by atoms with Gasteiger partial charge in [0.15, 0.2) is 11.6 Å². The number of rotatable bonds is 4. The van der Waals surface area contributed by atoms with Crippen LogP contribution in [-0.2, 0) is 11.2 Å². The fourth-order valence-corrected chi connectivity index (χ4v) is 1.49. The molecule has 19 heavy (non-hydrogen) atoms. The average molecular weight is 268 g/mol. The average Bonchev–Trinajstić information content (AvgIpc) is 2.81. The summed E-state index contributed by atoms with van der Waals surface area (Å²) in [5, 5.41) is 15.9. The van der Waals surface area contributed by atoms with Crippen LogP contribution in [0.2, 0.25) is 0 Å². The SMILES string of the molecule is NC(Cc1cn(-c2cccc(F)c2F)nn1)C(=O)O. The van der Waals surface area contributed by atoms with E-state index in [0.717, 1.165) is 10.7 Å². The summed E-state index contributed by atoms with van der Waals surface area (Å²) in [5.41, 5.74) is 5.51. The molecule has 1 aromatic carbocycles. The van der Waals surface area contributed by atoms with E-state index in [1.807, 2.05) is 0 Å². The summed E-state index contributed by atoms with van der Waals surface area (Å²) in [6, 6.07) is 2.52. The van der Waals surface area contributed by atoms with Crippen molar-refractivity contribution >= 4 is 5.97 Å². The highest BCUT2D eigenvalue weighted by Crippen LogP contribution is 2.15. The molecular weight excluding hydrogens is 258 g/mol. The molecule has 2 aromatic rings. The molecule has 0 radical (unpaired) electrons. The number of hydrogen-bond donors (Lipinski definition) is 2. The summed E-state index contributed by atoms with van der Waals surface area (Å²) in [4.78, 5) is 10.6. The number of aromatic nitrogens is 3. The van der Waals surface area contributed by atoms with Crippen LogP contribution in [0.5, 0.6) is 0 Å². The maximum absolute atomic E-state index is 13.5. The number of carboxylic acids is 1. The lowest BCUT2D eigenvalue weighted by Crippen LogP contribution is -2.32. The molecule has 1 heterocycles. The molecule has 1 aromatic heterocycles. The third-order valence-corrected chi connectivity index (χ3v) is 2.47. The van der Waals surface area contributed by atoms with Gasteiger partial charge in [0.2, 0.25) is 0 Å². The molecule has 2 rings (SSSR count). The van der Waals surface area contributed by atoms with Crippen molar-refractivity contribution in [2.45, 2.75) is 12.5 Å². The monoisotopic (exact) mass is 268 g/mol. The van der Waals surface area contributed by atoms with Gasteiger partial charge in [-0.2, -0.15) is 0 Å². The molecule has 0 fully saturated rings.